The van der Waals surface area contributed by atoms with Crippen LogP contribution in [-0.2, 0) is 19.5 Å². The smallest absolute Gasteiger partial charge is 0.231 e. The van der Waals surface area contributed by atoms with Gasteiger partial charge >= 0.3 is 0 Å². The summed E-state index contributed by atoms with van der Waals surface area (Å²) >= 11 is 0. The summed E-state index contributed by atoms with van der Waals surface area (Å²) in [6.07, 6.45) is 2.86. The van der Waals surface area contributed by atoms with Crippen LogP contribution >= 0.6 is 0 Å². The van der Waals surface area contributed by atoms with Crippen LogP contribution in [0.1, 0.15) is 16.8 Å². The summed E-state index contributed by atoms with van der Waals surface area (Å²) in [6, 6.07) is 13.7. The van der Waals surface area contributed by atoms with E-state index in [1.165, 1.54) is 5.56 Å². The highest BCUT2D eigenvalue weighted by Crippen LogP contribution is 2.36. The number of fused-ring (bicyclic) bond motifs is 2. The molecule has 136 valence electrons. The Kier molecular flexibility index (Phi) is 3.90. The summed E-state index contributed by atoms with van der Waals surface area (Å²) in [5.41, 5.74) is 11.0. The molecule has 2 aromatic carbocycles. The molecule has 0 fully saturated rings. The molecular weight excluding hydrogens is 340 g/mol. The molecule has 1 aromatic heterocycles. The monoisotopic (exact) mass is 360 g/mol. The van der Waals surface area contributed by atoms with E-state index in [4.69, 9.17) is 20.2 Å². The summed E-state index contributed by atoms with van der Waals surface area (Å²) in [6.45, 7) is 2.92. The number of hydrogen-bond donors (Lipinski definition) is 1. The average Bonchev–Trinajstić information content (AvgIpc) is 3.18. The van der Waals surface area contributed by atoms with Crippen molar-refractivity contribution in [3.8, 4) is 22.9 Å². The van der Waals surface area contributed by atoms with Gasteiger partial charge in [-0.3, -0.25) is 4.90 Å². The number of rotatable bonds is 3. The van der Waals surface area contributed by atoms with E-state index >= 15 is 0 Å². The van der Waals surface area contributed by atoms with Crippen LogP contribution in [-0.4, -0.2) is 28.2 Å². The van der Waals surface area contributed by atoms with Crippen molar-refractivity contribution in [3.05, 3.63) is 65.5 Å². The predicted molar refractivity (Wildman–Crippen MR) is 102 cm³/mol. The Morgan fingerprint density at radius 2 is 1.96 bits per heavy atom. The number of nitrogens with two attached hydrogens (primary N) is 1. The lowest BCUT2D eigenvalue weighted by atomic mass is 10.1. The molecule has 6 nitrogen and oxygen atoms in total. The van der Waals surface area contributed by atoms with Crippen molar-refractivity contribution in [1.82, 2.24) is 14.9 Å². The maximum absolute atomic E-state index is 5.76. The molecule has 0 unspecified atom stereocenters. The molecule has 2 N–H and O–H groups in total. The number of aromatic nitrogens is 2. The second kappa shape index (κ2) is 6.55. The molecule has 0 atom stereocenters. The SMILES string of the molecule is Nc1ccc(-c2ncc3c(n2)CCN(Cc2cccc4c2OCO4)C3)cc1. The van der Waals surface area contributed by atoms with E-state index < -0.39 is 0 Å². The first-order valence-electron chi connectivity index (χ1n) is 9.07. The first-order chi connectivity index (χ1) is 13.3. The maximum atomic E-state index is 5.76. The van der Waals surface area contributed by atoms with Gasteiger partial charge in [-0.2, -0.15) is 0 Å². The Hall–Kier alpha value is -3.12. The predicted octanol–water partition coefficient (Wildman–Crippen LogP) is 3.01. The molecule has 0 bridgehead atoms. The van der Waals surface area contributed by atoms with Crippen LogP contribution in [0.25, 0.3) is 11.4 Å². The van der Waals surface area contributed by atoms with Gasteiger partial charge in [0.1, 0.15) is 0 Å². The number of para-hydroxylation sites is 1. The molecule has 0 saturated carbocycles. The molecule has 6 heteroatoms. The van der Waals surface area contributed by atoms with Crippen LogP contribution in [0, 0.1) is 0 Å². The van der Waals surface area contributed by atoms with Crippen LogP contribution < -0.4 is 15.2 Å². The van der Waals surface area contributed by atoms with Gasteiger partial charge in [0.05, 0.1) is 5.69 Å². The molecule has 0 aliphatic carbocycles. The van der Waals surface area contributed by atoms with Crippen LogP contribution in [0.3, 0.4) is 0 Å². The Morgan fingerprint density at radius 3 is 2.85 bits per heavy atom. The van der Waals surface area contributed by atoms with E-state index in [0.29, 0.717) is 6.79 Å². The van der Waals surface area contributed by atoms with Gasteiger partial charge in [-0.15, -0.1) is 0 Å². The Bertz CT molecular complexity index is 988. The number of benzene rings is 2. The average molecular weight is 360 g/mol. The third-order valence-corrected chi connectivity index (χ3v) is 5.05. The van der Waals surface area contributed by atoms with E-state index in [1.807, 2.05) is 42.6 Å². The van der Waals surface area contributed by atoms with E-state index in [9.17, 15) is 0 Å². The molecule has 27 heavy (non-hydrogen) atoms. The third kappa shape index (κ3) is 3.08. The third-order valence-electron chi connectivity index (χ3n) is 5.05. The molecule has 3 aromatic rings. The molecule has 5 rings (SSSR count). The van der Waals surface area contributed by atoms with Crippen molar-refractivity contribution < 1.29 is 9.47 Å². The summed E-state index contributed by atoms with van der Waals surface area (Å²) in [5, 5.41) is 0. The molecule has 0 saturated heterocycles. The van der Waals surface area contributed by atoms with E-state index in [-0.39, 0.29) is 0 Å². The first kappa shape index (κ1) is 16.1. The van der Waals surface area contributed by atoms with Gasteiger partial charge in [0.15, 0.2) is 17.3 Å². The summed E-state index contributed by atoms with van der Waals surface area (Å²) < 4.78 is 11.1. The van der Waals surface area contributed by atoms with Crippen LogP contribution in [0.2, 0.25) is 0 Å². The quantitative estimate of drug-likeness (QED) is 0.724. The molecule has 2 aliphatic heterocycles. The normalized spacial score (nSPS) is 15.6. The summed E-state index contributed by atoms with van der Waals surface area (Å²) in [4.78, 5) is 11.8. The van der Waals surface area contributed by atoms with Crippen molar-refractivity contribution in [2.45, 2.75) is 19.5 Å². The van der Waals surface area contributed by atoms with Crippen LogP contribution in [0.5, 0.6) is 11.5 Å². The van der Waals surface area contributed by atoms with Gasteiger partial charge in [-0.05, 0) is 30.3 Å². The Morgan fingerprint density at radius 1 is 1.07 bits per heavy atom. The van der Waals surface area contributed by atoms with E-state index in [1.54, 1.807) is 0 Å². The highest BCUT2D eigenvalue weighted by atomic mass is 16.7. The van der Waals surface area contributed by atoms with Crippen molar-refractivity contribution in [2.75, 3.05) is 19.1 Å². The molecule has 0 spiro atoms. The van der Waals surface area contributed by atoms with Gasteiger partial charge in [-0.25, -0.2) is 9.97 Å². The zero-order valence-electron chi connectivity index (χ0n) is 14.9. The van der Waals surface area contributed by atoms with Gasteiger partial charge in [0.2, 0.25) is 6.79 Å². The van der Waals surface area contributed by atoms with Gasteiger partial charge < -0.3 is 15.2 Å². The molecular formula is C21H20N4O2. The fourth-order valence-electron chi connectivity index (χ4n) is 3.64. The van der Waals surface area contributed by atoms with Crippen molar-refractivity contribution in [1.29, 1.82) is 0 Å². The minimum atomic E-state index is 0.303. The fraction of sp³-hybridized carbons (Fsp3) is 0.238. The first-order valence-corrected chi connectivity index (χ1v) is 9.07. The lowest BCUT2D eigenvalue weighted by Crippen LogP contribution is -2.31. The molecule has 2 aliphatic rings. The molecule has 3 heterocycles. The molecule has 0 amide bonds. The van der Waals surface area contributed by atoms with Crippen molar-refractivity contribution in [2.24, 2.45) is 0 Å². The standard InChI is InChI=1S/C21H20N4O2/c22-17-6-4-14(5-7-17)21-23-10-16-12-25(9-8-18(16)24-21)11-15-2-1-3-19-20(15)27-13-26-19/h1-7,10H,8-9,11-13,22H2. The number of hydrogen-bond acceptors (Lipinski definition) is 6. The Labute approximate surface area is 157 Å². The number of nitrogen functional groups attached to an aromatic ring is 1. The van der Waals surface area contributed by atoms with E-state index in [2.05, 4.69) is 16.0 Å². The fourth-order valence-corrected chi connectivity index (χ4v) is 3.64. The van der Waals surface area contributed by atoms with Crippen molar-refractivity contribution >= 4 is 5.69 Å². The highest BCUT2D eigenvalue weighted by Gasteiger charge is 2.22. The zero-order valence-corrected chi connectivity index (χ0v) is 14.9. The second-order valence-electron chi connectivity index (χ2n) is 6.90. The van der Waals surface area contributed by atoms with E-state index in [0.717, 1.165) is 65.9 Å². The lowest BCUT2D eigenvalue weighted by Gasteiger charge is -2.28. The minimum Gasteiger partial charge on any atom is -0.454 e. The number of ether oxygens (including phenoxy) is 2. The maximum Gasteiger partial charge on any atom is 0.231 e. The summed E-state index contributed by atoms with van der Waals surface area (Å²) in [5.74, 6) is 2.47. The number of nitrogens with zero attached hydrogens (tertiary/aromatic N) is 3. The van der Waals surface area contributed by atoms with Gasteiger partial charge in [0, 0.05) is 54.6 Å². The largest absolute Gasteiger partial charge is 0.454 e. The van der Waals surface area contributed by atoms with Gasteiger partial charge in [-0.1, -0.05) is 12.1 Å². The van der Waals surface area contributed by atoms with Crippen molar-refractivity contribution in [3.63, 3.8) is 0 Å². The Balaban J connectivity index is 1.35. The lowest BCUT2D eigenvalue weighted by molar-refractivity contribution is 0.171. The van der Waals surface area contributed by atoms with Gasteiger partial charge in [0.25, 0.3) is 0 Å². The topological polar surface area (TPSA) is 73.5 Å². The second-order valence-corrected chi connectivity index (χ2v) is 6.90. The minimum absolute atomic E-state index is 0.303. The van der Waals surface area contributed by atoms with Crippen LogP contribution in [0.4, 0.5) is 5.69 Å². The molecule has 0 radical (unpaired) electrons. The summed E-state index contributed by atoms with van der Waals surface area (Å²) in [7, 11) is 0. The number of anilines is 1. The highest BCUT2D eigenvalue weighted by molar-refractivity contribution is 5.58. The van der Waals surface area contributed by atoms with Crippen LogP contribution in [0.15, 0.2) is 48.7 Å². The zero-order chi connectivity index (χ0) is 18.2.